The lowest BCUT2D eigenvalue weighted by Crippen LogP contribution is -2.34. The highest BCUT2D eigenvalue weighted by molar-refractivity contribution is 6.17. The van der Waals surface area contributed by atoms with Crippen molar-refractivity contribution in [2.24, 2.45) is 0 Å². The maximum atomic E-state index is 12.1. The molecule has 11 nitrogen and oxygen atoms in total. The molecule has 2 amide bonds. The van der Waals surface area contributed by atoms with Crippen molar-refractivity contribution in [2.75, 3.05) is 18.5 Å². The summed E-state index contributed by atoms with van der Waals surface area (Å²) in [7, 11) is 0. The van der Waals surface area contributed by atoms with Gasteiger partial charge in [0.05, 0.1) is 40.3 Å². The topological polar surface area (TPSA) is 156 Å². The number of imide groups is 1. The number of carbonyl (C=O) groups is 2. The number of hydrogen-bond acceptors (Lipinski definition) is 8. The number of aliphatic hydroxyl groups is 1. The lowest BCUT2D eigenvalue weighted by Gasteiger charge is -2.14. The van der Waals surface area contributed by atoms with Gasteiger partial charge in [-0.2, -0.15) is 0 Å². The number of nitro groups is 2. The van der Waals surface area contributed by atoms with Gasteiger partial charge in [0.15, 0.2) is 0 Å². The van der Waals surface area contributed by atoms with Crippen molar-refractivity contribution in [2.45, 2.75) is 6.92 Å². The predicted octanol–water partition coefficient (Wildman–Crippen LogP) is 0.468. The molecule has 2 N–H and O–H groups in total. The molecule has 0 saturated carbocycles. The largest absolute Gasteiger partial charge is 0.395 e. The molecule has 1 aromatic carbocycles. The van der Waals surface area contributed by atoms with Crippen LogP contribution in [0.2, 0.25) is 0 Å². The first kappa shape index (κ1) is 17.0. The van der Waals surface area contributed by atoms with Crippen molar-refractivity contribution in [3.8, 4) is 0 Å². The first-order valence-electron chi connectivity index (χ1n) is 6.65. The van der Waals surface area contributed by atoms with Gasteiger partial charge in [-0.15, -0.1) is 0 Å². The number of carbonyl (C=O) groups excluding carboxylic acids is 2. The highest BCUT2D eigenvalue weighted by Gasteiger charge is 2.32. The summed E-state index contributed by atoms with van der Waals surface area (Å²) in [6, 6.07) is 1.85. The predicted molar refractivity (Wildman–Crippen MR) is 80.0 cm³/mol. The third-order valence-corrected chi connectivity index (χ3v) is 3.37. The minimum absolute atomic E-state index is 0.0332. The van der Waals surface area contributed by atoms with E-state index in [2.05, 4.69) is 5.32 Å². The maximum Gasteiger partial charge on any atom is 0.281 e. The Bertz CT molecular complexity index is 787. The Balaban J connectivity index is 2.41. The molecule has 0 unspecified atom stereocenters. The molecule has 0 aromatic heterocycles. The number of benzene rings is 1. The molecule has 24 heavy (non-hydrogen) atoms. The lowest BCUT2D eigenvalue weighted by molar-refractivity contribution is -0.394. The van der Waals surface area contributed by atoms with Gasteiger partial charge in [0, 0.05) is 12.1 Å². The van der Waals surface area contributed by atoms with Crippen LogP contribution in [-0.2, 0) is 9.59 Å². The van der Waals surface area contributed by atoms with Crippen molar-refractivity contribution in [1.29, 1.82) is 0 Å². The summed E-state index contributed by atoms with van der Waals surface area (Å²) in [6.07, 6.45) is 0.960. The fourth-order valence-corrected chi connectivity index (χ4v) is 2.16. The van der Waals surface area contributed by atoms with Crippen LogP contribution < -0.4 is 5.32 Å². The third kappa shape index (κ3) is 3.05. The average molecular weight is 336 g/mol. The molecule has 0 bridgehead atoms. The first-order valence-corrected chi connectivity index (χ1v) is 6.65. The number of nitro benzene ring substituents is 2. The van der Waals surface area contributed by atoms with Crippen molar-refractivity contribution in [3.63, 3.8) is 0 Å². The fraction of sp³-hybridized carbons (Fsp3) is 0.231. The molecule has 1 aliphatic heterocycles. The number of aliphatic hydroxyl groups excluding tert-OH is 1. The Labute approximate surface area is 134 Å². The Morgan fingerprint density at radius 2 is 1.88 bits per heavy atom. The second kappa shape index (κ2) is 6.42. The van der Waals surface area contributed by atoms with Crippen molar-refractivity contribution in [3.05, 3.63) is 49.7 Å². The van der Waals surface area contributed by atoms with E-state index in [0.29, 0.717) is 0 Å². The van der Waals surface area contributed by atoms with Gasteiger partial charge in [0.25, 0.3) is 23.2 Å². The molecule has 1 heterocycles. The molecule has 1 aliphatic rings. The molecule has 11 heteroatoms. The first-order chi connectivity index (χ1) is 11.3. The van der Waals surface area contributed by atoms with Crippen LogP contribution in [0.25, 0.3) is 0 Å². The number of nitrogens with one attached hydrogen (secondary N) is 1. The Morgan fingerprint density at radius 3 is 2.42 bits per heavy atom. The summed E-state index contributed by atoms with van der Waals surface area (Å²) < 4.78 is 0. The van der Waals surface area contributed by atoms with E-state index in [1.165, 1.54) is 6.92 Å². The highest BCUT2D eigenvalue weighted by Crippen LogP contribution is 2.32. The number of rotatable bonds is 6. The van der Waals surface area contributed by atoms with Crippen LogP contribution in [0.3, 0.4) is 0 Å². The zero-order chi connectivity index (χ0) is 18.0. The van der Waals surface area contributed by atoms with E-state index in [4.69, 9.17) is 5.11 Å². The smallest absolute Gasteiger partial charge is 0.281 e. The van der Waals surface area contributed by atoms with E-state index < -0.39 is 39.6 Å². The van der Waals surface area contributed by atoms with E-state index in [1.807, 2.05) is 0 Å². The molecular formula is C13H12N4O7. The van der Waals surface area contributed by atoms with Crippen LogP contribution in [-0.4, -0.2) is 44.8 Å². The van der Waals surface area contributed by atoms with Gasteiger partial charge in [-0.05, 0) is 6.92 Å². The van der Waals surface area contributed by atoms with Gasteiger partial charge in [0.2, 0.25) is 0 Å². The number of β-amino-alcohol motifs (C(OH)–C–C–N with tert-alkyl or cyclic N) is 1. The average Bonchev–Trinajstić information content (AvgIpc) is 2.76. The second-order valence-corrected chi connectivity index (χ2v) is 4.85. The molecule has 0 aliphatic carbocycles. The summed E-state index contributed by atoms with van der Waals surface area (Å²) in [5.74, 6) is -1.39. The number of non-ortho nitro benzene ring substituents is 1. The molecule has 1 aromatic rings. The van der Waals surface area contributed by atoms with E-state index in [1.54, 1.807) is 0 Å². The highest BCUT2D eigenvalue weighted by atomic mass is 16.6. The van der Waals surface area contributed by atoms with Crippen LogP contribution in [0.5, 0.6) is 0 Å². The molecule has 0 fully saturated rings. The van der Waals surface area contributed by atoms with Crippen LogP contribution in [0.1, 0.15) is 5.56 Å². The van der Waals surface area contributed by atoms with Crippen molar-refractivity contribution >= 4 is 28.9 Å². The van der Waals surface area contributed by atoms with Crippen molar-refractivity contribution < 1.29 is 24.5 Å². The van der Waals surface area contributed by atoms with Crippen LogP contribution >= 0.6 is 0 Å². The van der Waals surface area contributed by atoms with E-state index in [9.17, 15) is 29.8 Å². The van der Waals surface area contributed by atoms with Gasteiger partial charge >= 0.3 is 0 Å². The Hall–Kier alpha value is -3.34. The van der Waals surface area contributed by atoms with Crippen LogP contribution in [0.4, 0.5) is 17.1 Å². The zero-order valence-electron chi connectivity index (χ0n) is 12.4. The molecule has 0 radical (unpaired) electrons. The lowest BCUT2D eigenvalue weighted by atomic mass is 10.1. The van der Waals surface area contributed by atoms with Gasteiger partial charge in [-0.25, -0.2) is 0 Å². The molecule has 0 atom stereocenters. The Morgan fingerprint density at radius 1 is 1.21 bits per heavy atom. The number of amides is 2. The minimum atomic E-state index is -0.800. The summed E-state index contributed by atoms with van der Waals surface area (Å²) in [4.78, 5) is 44.9. The van der Waals surface area contributed by atoms with Crippen LogP contribution in [0.15, 0.2) is 23.9 Å². The molecule has 126 valence electrons. The normalized spacial score (nSPS) is 13.9. The van der Waals surface area contributed by atoms with Crippen molar-refractivity contribution in [1.82, 2.24) is 4.90 Å². The maximum absolute atomic E-state index is 12.1. The van der Waals surface area contributed by atoms with Gasteiger partial charge in [-0.3, -0.25) is 34.7 Å². The summed E-state index contributed by atoms with van der Waals surface area (Å²) in [5, 5.41) is 33.3. The van der Waals surface area contributed by atoms with Crippen LogP contribution in [0, 0.1) is 27.2 Å². The SMILES string of the molecule is Cc1c(NC2=CC(=O)N(CCO)C2=O)cc([N+](=O)[O-])cc1[N+](=O)[O-]. The second-order valence-electron chi connectivity index (χ2n) is 4.85. The van der Waals surface area contributed by atoms with Gasteiger partial charge < -0.3 is 10.4 Å². The Kier molecular flexibility index (Phi) is 4.55. The van der Waals surface area contributed by atoms with Gasteiger partial charge in [-0.1, -0.05) is 0 Å². The van der Waals surface area contributed by atoms with E-state index >= 15 is 0 Å². The minimum Gasteiger partial charge on any atom is -0.395 e. The standard InChI is InChI=1S/C13H12N4O7/c1-7-9(4-8(16(21)22)5-11(7)17(23)24)14-10-6-12(19)15(2-3-18)13(10)20/h4-6,14,18H,2-3H2,1H3. The number of nitrogens with zero attached hydrogens (tertiary/aromatic N) is 3. The molecular weight excluding hydrogens is 324 g/mol. The van der Waals surface area contributed by atoms with Gasteiger partial charge in [0.1, 0.15) is 5.70 Å². The number of anilines is 1. The van der Waals surface area contributed by atoms with E-state index in [0.717, 1.165) is 23.1 Å². The monoisotopic (exact) mass is 336 g/mol. The molecule has 0 spiro atoms. The summed E-state index contributed by atoms with van der Waals surface area (Å²) >= 11 is 0. The summed E-state index contributed by atoms with van der Waals surface area (Å²) in [5.41, 5.74) is -1.16. The quantitative estimate of drug-likeness (QED) is 0.431. The zero-order valence-corrected chi connectivity index (χ0v) is 12.4. The molecule has 0 saturated heterocycles. The molecule has 2 rings (SSSR count). The third-order valence-electron chi connectivity index (χ3n) is 3.37. The summed E-state index contributed by atoms with van der Waals surface area (Å²) in [6.45, 7) is 0.741. The fourth-order valence-electron chi connectivity index (χ4n) is 2.16. The number of hydrogen-bond donors (Lipinski definition) is 2. The van der Waals surface area contributed by atoms with E-state index in [-0.39, 0.29) is 23.5 Å².